The lowest BCUT2D eigenvalue weighted by atomic mass is 10.3. The van der Waals surface area contributed by atoms with Crippen molar-refractivity contribution >= 4 is 16.1 Å². The van der Waals surface area contributed by atoms with Gasteiger partial charge in [0.15, 0.2) is 0 Å². The molecule has 1 aromatic rings. The summed E-state index contributed by atoms with van der Waals surface area (Å²) >= 11 is 0. The Morgan fingerprint density at radius 2 is 1.74 bits per heavy atom. The molecule has 0 radical (unpaired) electrons. The molecule has 0 atom stereocenters. The molecule has 10 heteroatoms. The third-order valence-electron chi connectivity index (χ3n) is 1.82. The highest BCUT2D eigenvalue weighted by molar-refractivity contribution is 7.90. The summed E-state index contributed by atoms with van der Waals surface area (Å²) in [5.41, 5.74) is 0. The molecule has 106 valence electrons. The maximum atomic E-state index is 11.9. The van der Waals surface area contributed by atoms with Crippen LogP contribution in [-0.2, 0) is 10.0 Å². The molecule has 0 heterocycles. The molecule has 0 saturated carbocycles. The third kappa shape index (κ3) is 4.66. The molecule has 0 fully saturated rings. The molecule has 0 unspecified atom stereocenters. The van der Waals surface area contributed by atoms with E-state index in [1.54, 1.807) is 4.72 Å². The van der Waals surface area contributed by atoms with Gasteiger partial charge in [0, 0.05) is 7.05 Å². The first kappa shape index (κ1) is 15.1. The fourth-order valence-corrected chi connectivity index (χ4v) is 2.01. The summed E-state index contributed by atoms with van der Waals surface area (Å²) in [6, 6.07) is 2.45. The van der Waals surface area contributed by atoms with E-state index >= 15 is 0 Å². The number of carbonyl (C=O) groups is 1. The summed E-state index contributed by atoms with van der Waals surface area (Å²) in [6.07, 6.45) is -4.86. The van der Waals surface area contributed by atoms with Gasteiger partial charge in [0.1, 0.15) is 5.75 Å². The van der Waals surface area contributed by atoms with Crippen LogP contribution in [0.3, 0.4) is 0 Å². The van der Waals surface area contributed by atoms with Crippen molar-refractivity contribution in [1.82, 2.24) is 10.0 Å². The molecule has 2 N–H and O–H groups in total. The zero-order chi connectivity index (χ0) is 14.7. The van der Waals surface area contributed by atoms with Crippen molar-refractivity contribution in [2.75, 3.05) is 7.05 Å². The Kier molecular flexibility index (Phi) is 4.24. The lowest BCUT2D eigenvalue weighted by Crippen LogP contribution is -2.37. The maximum absolute atomic E-state index is 11.9. The van der Waals surface area contributed by atoms with Gasteiger partial charge < -0.3 is 10.1 Å². The van der Waals surface area contributed by atoms with Crippen LogP contribution in [0.5, 0.6) is 5.75 Å². The third-order valence-corrected chi connectivity index (χ3v) is 3.17. The summed E-state index contributed by atoms with van der Waals surface area (Å²) in [5.74, 6) is -0.564. The molecule has 6 nitrogen and oxygen atoms in total. The average molecular weight is 298 g/mol. The number of urea groups is 1. The van der Waals surface area contributed by atoms with Crippen LogP contribution < -0.4 is 14.8 Å². The van der Waals surface area contributed by atoms with E-state index in [1.165, 1.54) is 7.05 Å². The van der Waals surface area contributed by atoms with Crippen LogP contribution >= 0.6 is 0 Å². The van der Waals surface area contributed by atoms with E-state index in [0.717, 1.165) is 24.3 Å². The van der Waals surface area contributed by atoms with E-state index in [1.807, 2.05) is 5.32 Å². The predicted molar refractivity (Wildman–Crippen MR) is 57.9 cm³/mol. The molecule has 2 amide bonds. The SMILES string of the molecule is CNC(=O)NS(=O)(=O)c1ccc(OC(F)(F)F)cc1. The molecule has 0 aliphatic carbocycles. The minimum atomic E-state index is -4.86. The largest absolute Gasteiger partial charge is 0.573 e. The van der Waals surface area contributed by atoms with Crippen molar-refractivity contribution in [2.24, 2.45) is 0 Å². The Hall–Kier alpha value is -1.97. The summed E-state index contributed by atoms with van der Waals surface area (Å²) in [7, 11) is -2.92. The van der Waals surface area contributed by atoms with Gasteiger partial charge in [-0.05, 0) is 24.3 Å². The number of hydrogen-bond donors (Lipinski definition) is 2. The van der Waals surface area contributed by atoms with Crippen LogP contribution in [0.4, 0.5) is 18.0 Å². The van der Waals surface area contributed by atoms with Crippen molar-refractivity contribution in [3.05, 3.63) is 24.3 Å². The van der Waals surface area contributed by atoms with E-state index in [9.17, 15) is 26.4 Å². The number of benzene rings is 1. The highest BCUT2D eigenvalue weighted by Crippen LogP contribution is 2.23. The van der Waals surface area contributed by atoms with Crippen molar-refractivity contribution in [2.45, 2.75) is 11.3 Å². The Balaban J connectivity index is 2.90. The zero-order valence-corrected chi connectivity index (χ0v) is 10.3. The number of amides is 2. The first-order valence-corrected chi connectivity index (χ1v) is 6.23. The molecule has 0 saturated heterocycles. The van der Waals surface area contributed by atoms with Crippen molar-refractivity contribution in [3.63, 3.8) is 0 Å². The zero-order valence-electron chi connectivity index (χ0n) is 9.48. The van der Waals surface area contributed by atoms with Gasteiger partial charge in [-0.2, -0.15) is 0 Å². The number of ether oxygens (including phenoxy) is 1. The topological polar surface area (TPSA) is 84.5 Å². The molecule has 0 aromatic heterocycles. The van der Waals surface area contributed by atoms with E-state index in [2.05, 4.69) is 4.74 Å². The molecule has 0 bridgehead atoms. The summed E-state index contributed by atoms with van der Waals surface area (Å²) in [6.45, 7) is 0. The number of sulfonamides is 1. The van der Waals surface area contributed by atoms with Crippen molar-refractivity contribution in [3.8, 4) is 5.75 Å². The Labute approximate surface area is 106 Å². The molecular weight excluding hydrogens is 289 g/mol. The van der Waals surface area contributed by atoms with Crippen LogP contribution in [0.25, 0.3) is 0 Å². The van der Waals surface area contributed by atoms with Gasteiger partial charge in [-0.3, -0.25) is 0 Å². The average Bonchev–Trinajstić information content (AvgIpc) is 2.26. The molecular formula is C9H9F3N2O4S. The van der Waals surface area contributed by atoms with E-state index in [4.69, 9.17) is 0 Å². The summed E-state index contributed by atoms with van der Waals surface area (Å²) in [4.78, 5) is 10.5. The Morgan fingerprint density at radius 1 is 1.21 bits per heavy atom. The van der Waals surface area contributed by atoms with Crippen LogP contribution in [0.1, 0.15) is 0 Å². The molecule has 1 rings (SSSR count). The minimum Gasteiger partial charge on any atom is -0.406 e. The Bertz CT molecular complexity index is 554. The van der Waals surface area contributed by atoms with Crippen LogP contribution in [0, 0.1) is 0 Å². The fraction of sp³-hybridized carbons (Fsp3) is 0.222. The van der Waals surface area contributed by atoms with Crippen molar-refractivity contribution < 1.29 is 31.1 Å². The molecule has 1 aromatic carbocycles. The lowest BCUT2D eigenvalue weighted by molar-refractivity contribution is -0.274. The van der Waals surface area contributed by atoms with Crippen molar-refractivity contribution in [1.29, 1.82) is 0 Å². The van der Waals surface area contributed by atoms with Crippen LogP contribution in [-0.4, -0.2) is 27.9 Å². The normalized spacial score (nSPS) is 11.8. The fourth-order valence-electron chi connectivity index (χ4n) is 1.05. The van der Waals surface area contributed by atoms with Crippen LogP contribution in [0.2, 0.25) is 0 Å². The van der Waals surface area contributed by atoms with E-state index < -0.39 is 28.2 Å². The lowest BCUT2D eigenvalue weighted by Gasteiger charge is -2.10. The highest BCUT2D eigenvalue weighted by atomic mass is 32.2. The quantitative estimate of drug-likeness (QED) is 0.878. The maximum Gasteiger partial charge on any atom is 0.573 e. The molecule has 19 heavy (non-hydrogen) atoms. The highest BCUT2D eigenvalue weighted by Gasteiger charge is 2.31. The van der Waals surface area contributed by atoms with Gasteiger partial charge >= 0.3 is 12.4 Å². The number of alkyl halides is 3. The van der Waals surface area contributed by atoms with E-state index in [-0.39, 0.29) is 4.90 Å². The number of rotatable bonds is 3. The number of nitrogens with one attached hydrogen (secondary N) is 2. The monoisotopic (exact) mass is 298 g/mol. The van der Waals surface area contributed by atoms with Gasteiger partial charge in [0.25, 0.3) is 10.0 Å². The standard InChI is InChI=1S/C9H9F3N2O4S/c1-13-8(15)14-19(16,17)7-4-2-6(3-5-7)18-9(10,11)12/h2-5H,1H3,(H2,13,14,15). The first-order chi connectivity index (χ1) is 8.64. The van der Waals surface area contributed by atoms with Gasteiger partial charge in [0.05, 0.1) is 4.90 Å². The van der Waals surface area contributed by atoms with Gasteiger partial charge in [-0.15, -0.1) is 13.2 Å². The number of hydrogen-bond acceptors (Lipinski definition) is 4. The second kappa shape index (κ2) is 5.34. The molecule has 0 aliphatic heterocycles. The number of carbonyl (C=O) groups excluding carboxylic acids is 1. The van der Waals surface area contributed by atoms with E-state index in [0.29, 0.717) is 0 Å². The molecule has 0 aliphatic rings. The second-order valence-corrected chi connectivity index (χ2v) is 4.89. The second-order valence-electron chi connectivity index (χ2n) is 3.20. The molecule has 0 spiro atoms. The smallest absolute Gasteiger partial charge is 0.406 e. The summed E-state index contributed by atoms with van der Waals surface area (Å²) < 4.78 is 64.0. The number of halogens is 3. The van der Waals surface area contributed by atoms with Gasteiger partial charge in [-0.1, -0.05) is 0 Å². The van der Waals surface area contributed by atoms with Crippen LogP contribution in [0.15, 0.2) is 29.2 Å². The Morgan fingerprint density at radius 3 is 2.16 bits per heavy atom. The van der Waals surface area contributed by atoms with Gasteiger partial charge in [0.2, 0.25) is 0 Å². The minimum absolute atomic E-state index is 0.370. The summed E-state index contributed by atoms with van der Waals surface area (Å²) in [5, 5.41) is 2.03. The van der Waals surface area contributed by atoms with Gasteiger partial charge in [-0.25, -0.2) is 17.9 Å². The predicted octanol–water partition coefficient (Wildman–Crippen LogP) is 1.20. The first-order valence-electron chi connectivity index (χ1n) is 4.74.